The van der Waals surface area contributed by atoms with Gasteiger partial charge in [0.25, 0.3) is 0 Å². The van der Waals surface area contributed by atoms with E-state index < -0.39 is 0 Å². The fourth-order valence-electron chi connectivity index (χ4n) is 1.41. The number of thiophene rings is 1. The summed E-state index contributed by atoms with van der Waals surface area (Å²) in [6.45, 7) is 0. The Morgan fingerprint density at radius 2 is 2.06 bits per heavy atom. The zero-order valence-electron chi connectivity index (χ0n) is 8.74. The molecule has 17 heavy (non-hydrogen) atoms. The van der Waals surface area contributed by atoms with Gasteiger partial charge in [-0.1, -0.05) is 0 Å². The van der Waals surface area contributed by atoms with Crippen LogP contribution in [0.3, 0.4) is 0 Å². The second kappa shape index (κ2) is 5.33. The number of hydrogen-bond donors (Lipinski definition) is 1. The molecule has 0 aliphatic heterocycles. The molecule has 0 fully saturated rings. The molecule has 0 atom stereocenters. The quantitative estimate of drug-likeness (QED) is 0.643. The average Bonchev–Trinajstić information content (AvgIpc) is 2.68. The zero-order chi connectivity index (χ0) is 12.4. The highest BCUT2D eigenvalue weighted by Crippen LogP contribution is 2.24. The molecule has 0 spiro atoms. The van der Waals surface area contributed by atoms with Gasteiger partial charge in [-0.25, -0.2) is 0 Å². The van der Waals surface area contributed by atoms with Crippen LogP contribution in [0, 0.1) is 0 Å². The Bertz CT molecular complexity index is 565. The van der Waals surface area contributed by atoms with E-state index in [-0.39, 0.29) is 5.78 Å². The average molecular weight is 375 g/mol. The van der Waals surface area contributed by atoms with E-state index in [0.29, 0.717) is 17.7 Å². The molecule has 0 amide bonds. The third-order valence-corrected chi connectivity index (χ3v) is 4.66. The van der Waals surface area contributed by atoms with Crippen LogP contribution in [0.25, 0.3) is 0 Å². The van der Waals surface area contributed by atoms with E-state index >= 15 is 0 Å². The SMILES string of the molecule is Nc1ccc(C(=O)Cc2cc(Br)cs2)cc1Br. The van der Waals surface area contributed by atoms with Gasteiger partial charge in [0.05, 0.1) is 0 Å². The van der Waals surface area contributed by atoms with E-state index in [2.05, 4.69) is 31.9 Å². The van der Waals surface area contributed by atoms with E-state index in [0.717, 1.165) is 13.8 Å². The van der Waals surface area contributed by atoms with Gasteiger partial charge >= 0.3 is 0 Å². The van der Waals surface area contributed by atoms with Crippen molar-refractivity contribution in [1.82, 2.24) is 0 Å². The minimum atomic E-state index is 0.0973. The van der Waals surface area contributed by atoms with Crippen LogP contribution < -0.4 is 5.73 Å². The van der Waals surface area contributed by atoms with E-state index in [9.17, 15) is 4.79 Å². The Morgan fingerprint density at radius 3 is 2.65 bits per heavy atom. The first-order valence-corrected chi connectivity index (χ1v) is 7.34. The minimum absolute atomic E-state index is 0.0973. The van der Waals surface area contributed by atoms with Gasteiger partial charge in [-0.3, -0.25) is 4.79 Å². The second-order valence-corrected chi connectivity index (χ2v) is 6.33. The lowest BCUT2D eigenvalue weighted by Gasteiger charge is -2.02. The molecule has 0 radical (unpaired) electrons. The number of nitrogens with two attached hydrogens (primary N) is 1. The summed E-state index contributed by atoms with van der Waals surface area (Å²) in [5.41, 5.74) is 7.00. The first-order valence-electron chi connectivity index (χ1n) is 4.87. The lowest BCUT2D eigenvalue weighted by Crippen LogP contribution is -2.02. The molecular formula is C12H9Br2NOS. The third-order valence-electron chi connectivity index (χ3n) is 2.28. The summed E-state index contributed by atoms with van der Waals surface area (Å²) in [4.78, 5) is 13.1. The minimum Gasteiger partial charge on any atom is -0.398 e. The molecular weight excluding hydrogens is 366 g/mol. The van der Waals surface area contributed by atoms with Crippen molar-refractivity contribution in [2.45, 2.75) is 6.42 Å². The maximum absolute atomic E-state index is 12.0. The largest absolute Gasteiger partial charge is 0.398 e. The summed E-state index contributed by atoms with van der Waals surface area (Å²) < 4.78 is 1.78. The lowest BCUT2D eigenvalue weighted by atomic mass is 10.1. The van der Waals surface area contributed by atoms with Crippen molar-refractivity contribution < 1.29 is 4.79 Å². The Kier molecular flexibility index (Phi) is 4.01. The van der Waals surface area contributed by atoms with Crippen LogP contribution in [0.1, 0.15) is 15.2 Å². The maximum atomic E-state index is 12.0. The number of halogens is 2. The predicted molar refractivity (Wildman–Crippen MR) is 78.6 cm³/mol. The van der Waals surface area contributed by atoms with Crippen LogP contribution in [-0.2, 0) is 6.42 Å². The predicted octanol–water partition coefficient (Wildman–Crippen LogP) is 4.28. The summed E-state index contributed by atoms with van der Waals surface area (Å²) in [6, 6.07) is 7.22. The summed E-state index contributed by atoms with van der Waals surface area (Å²) in [5, 5.41) is 1.97. The van der Waals surface area contributed by atoms with Crippen molar-refractivity contribution in [3.63, 3.8) is 0 Å². The molecule has 2 nitrogen and oxygen atoms in total. The van der Waals surface area contributed by atoms with Crippen molar-refractivity contribution in [1.29, 1.82) is 0 Å². The van der Waals surface area contributed by atoms with Gasteiger partial charge in [-0.2, -0.15) is 0 Å². The monoisotopic (exact) mass is 373 g/mol. The van der Waals surface area contributed by atoms with Crippen LogP contribution in [0.2, 0.25) is 0 Å². The maximum Gasteiger partial charge on any atom is 0.168 e. The van der Waals surface area contributed by atoms with Crippen LogP contribution in [0.15, 0.2) is 38.6 Å². The van der Waals surface area contributed by atoms with Gasteiger partial charge in [0.15, 0.2) is 5.78 Å². The van der Waals surface area contributed by atoms with Crippen LogP contribution in [0.4, 0.5) is 5.69 Å². The molecule has 2 N–H and O–H groups in total. The van der Waals surface area contributed by atoms with E-state index in [1.807, 2.05) is 11.4 Å². The number of anilines is 1. The molecule has 0 aliphatic carbocycles. The van der Waals surface area contributed by atoms with Crippen LogP contribution in [-0.4, -0.2) is 5.78 Å². The highest BCUT2D eigenvalue weighted by atomic mass is 79.9. The molecule has 5 heteroatoms. The molecule has 1 aromatic heterocycles. The highest BCUT2D eigenvalue weighted by Gasteiger charge is 2.10. The number of Topliss-reactive ketones (excluding diaryl/α,β-unsaturated/α-hetero) is 1. The molecule has 1 heterocycles. The van der Waals surface area contributed by atoms with Gasteiger partial charge in [0, 0.05) is 36.9 Å². The van der Waals surface area contributed by atoms with Crippen molar-refractivity contribution in [2.75, 3.05) is 5.73 Å². The molecule has 1 aromatic carbocycles. The molecule has 88 valence electrons. The van der Waals surface area contributed by atoms with Gasteiger partial charge in [-0.05, 0) is 56.1 Å². The topological polar surface area (TPSA) is 43.1 Å². The standard InChI is InChI=1S/C12H9Br2NOS/c13-8-4-9(17-6-8)5-12(16)7-1-2-11(15)10(14)3-7/h1-4,6H,5,15H2. The van der Waals surface area contributed by atoms with E-state index in [1.54, 1.807) is 29.5 Å². The third kappa shape index (κ3) is 3.18. The fraction of sp³-hybridized carbons (Fsp3) is 0.0833. The van der Waals surface area contributed by atoms with Crippen molar-refractivity contribution in [3.8, 4) is 0 Å². The summed E-state index contributed by atoms with van der Waals surface area (Å²) in [6.07, 6.45) is 0.423. The first kappa shape index (κ1) is 12.8. The Hall–Kier alpha value is -0.650. The Morgan fingerprint density at radius 1 is 1.29 bits per heavy atom. The number of benzene rings is 1. The van der Waals surface area contributed by atoms with Crippen molar-refractivity contribution in [2.24, 2.45) is 0 Å². The van der Waals surface area contributed by atoms with E-state index in [1.165, 1.54) is 0 Å². The normalized spacial score (nSPS) is 10.5. The smallest absolute Gasteiger partial charge is 0.168 e. The molecule has 0 saturated carbocycles. The fourth-order valence-corrected chi connectivity index (χ4v) is 3.24. The van der Waals surface area contributed by atoms with Gasteiger partial charge in [-0.15, -0.1) is 11.3 Å². The Balaban J connectivity index is 2.17. The second-order valence-electron chi connectivity index (χ2n) is 3.57. The van der Waals surface area contributed by atoms with Crippen LogP contribution in [0.5, 0.6) is 0 Å². The number of ketones is 1. The summed E-state index contributed by atoms with van der Waals surface area (Å²) in [5.74, 6) is 0.0973. The van der Waals surface area contributed by atoms with Crippen molar-refractivity contribution in [3.05, 3.63) is 49.0 Å². The number of carbonyl (C=O) groups excluding carboxylic acids is 1. The number of hydrogen-bond acceptors (Lipinski definition) is 3. The molecule has 0 unspecified atom stereocenters. The molecule has 2 aromatic rings. The highest BCUT2D eigenvalue weighted by molar-refractivity contribution is 9.10. The van der Waals surface area contributed by atoms with Gasteiger partial charge in [0.2, 0.25) is 0 Å². The Labute approximate surface area is 120 Å². The number of carbonyl (C=O) groups is 1. The zero-order valence-corrected chi connectivity index (χ0v) is 12.7. The van der Waals surface area contributed by atoms with Gasteiger partial charge < -0.3 is 5.73 Å². The molecule has 0 bridgehead atoms. The van der Waals surface area contributed by atoms with Crippen LogP contribution >= 0.6 is 43.2 Å². The van der Waals surface area contributed by atoms with E-state index in [4.69, 9.17) is 5.73 Å². The molecule has 2 rings (SSSR count). The molecule has 0 aliphatic rings. The van der Waals surface area contributed by atoms with Crippen molar-refractivity contribution >= 4 is 54.7 Å². The lowest BCUT2D eigenvalue weighted by molar-refractivity contribution is 0.0994. The number of rotatable bonds is 3. The molecule has 0 saturated heterocycles. The summed E-state index contributed by atoms with van der Waals surface area (Å²) >= 11 is 8.27. The first-order chi connectivity index (χ1) is 8.06. The van der Waals surface area contributed by atoms with Gasteiger partial charge in [0.1, 0.15) is 0 Å². The number of nitrogen functional groups attached to an aromatic ring is 1. The summed E-state index contributed by atoms with van der Waals surface area (Å²) in [7, 11) is 0.